The van der Waals surface area contributed by atoms with Crippen LogP contribution in [0.3, 0.4) is 0 Å². The molecule has 1 unspecified atom stereocenters. The van der Waals surface area contributed by atoms with Gasteiger partial charge in [0.15, 0.2) is 17.1 Å². The average Bonchev–Trinajstić information content (AvgIpc) is 3.10. The highest BCUT2D eigenvalue weighted by molar-refractivity contribution is 7.32. The molecule has 4 nitrogen and oxygen atoms in total. The fourth-order valence-corrected chi connectivity index (χ4v) is 5.98. The van der Waals surface area contributed by atoms with Gasteiger partial charge in [0, 0.05) is 21.9 Å². The monoisotopic (exact) mass is 532 g/mol. The Morgan fingerprint density at radius 2 is 1.23 bits per heavy atom. The van der Waals surface area contributed by atoms with Crippen LogP contribution in [0, 0.1) is 20.8 Å². The third-order valence-electron chi connectivity index (χ3n) is 6.99. The molecule has 1 heterocycles. The molecule has 5 heteroatoms. The van der Waals surface area contributed by atoms with Gasteiger partial charge in [-0.15, -0.1) is 0 Å². The van der Waals surface area contributed by atoms with E-state index in [1.807, 2.05) is 42.5 Å². The zero-order chi connectivity index (χ0) is 26.9. The number of benzene rings is 5. The summed E-state index contributed by atoms with van der Waals surface area (Å²) < 4.78 is 25.7. The van der Waals surface area contributed by atoms with Crippen molar-refractivity contribution in [2.45, 2.75) is 20.8 Å². The Morgan fingerprint density at radius 3 is 1.85 bits per heavy atom. The fourth-order valence-electron chi connectivity index (χ4n) is 4.87. The largest absolute Gasteiger partial charge is 0.493 e. The Labute approximate surface area is 229 Å². The lowest BCUT2D eigenvalue weighted by atomic mass is 9.97. The molecule has 0 N–H and O–H groups in total. The van der Waals surface area contributed by atoms with Crippen LogP contribution in [0.15, 0.2) is 112 Å². The quantitative estimate of drug-likeness (QED) is 0.222. The maximum absolute atomic E-state index is 6.78. The van der Waals surface area contributed by atoms with Crippen molar-refractivity contribution in [3.8, 4) is 33.8 Å². The van der Waals surface area contributed by atoms with Crippen molar-refractivity contribution < 1.29 is 17.7 Å². The molecule has 0 saturated heterocycles. The number of hydrogen-bond donors (Lipinski definition) is 0. The summed E-state index contributed by atoms with van der Waals surface area (Å²) in [4.78, 5) is 0. The predicted octanol–water partition coefficient (Wildman–Crippen LogP) is 10.4. The van der Waals surface area contributed by atoms with E-state index in [1.54, 1.807) is 7.11 Å². The number of para-hydroxylation sites is 1. The summed E-state index contributed by atoms with van der Waals surface area (Å²) in [6, 6.07) is 35.0. The minimum absolute atomic E-state index is 0.620. The van der Waals surface area contributed by atoms with Gasteiger partial charge < -0.3 is 17.7 Å². The molecular formula is C34H29O4P. The van der Waals surface area contributed by atoms with Crippen LogP contribution >= 0.6 is 8.24 Å². The lowest BCUT2D eigenvalue weighted by molar-refractivity contribution is 0.410. The van der Waals surface area contributed by atoms with Crippen LogP contribution in [-0.4, -0.2) is 7.11 Å². The molecule has 194 valence electrons. The molecule has 1 aromatic heterocycles. The van der Waals surface area contributed by atoms with Crippen molar-refractivity contribution in [1.82, 2.24) is 0 Å². The minimum Gasteiger partial charge on any atom is -0.493 e. The van der Waals surface area contributed by atoms with Crippen LogP contribution in [0.4, 0.5) is 0 Å². The highest BCUT2D eigenvalue weighted by atomic mass is 31.1. The average molecular weight is 533 g/mol. The topological polar surface area (TPSA) is 44.7 Å². The first-order chi connectivity index (χ1) is 19.0. The SMILES string of the molecule is COc1cc(C)cc2c1op(Oc1c(-c3ccccc3)cccc1-c1ccccc1)oc1cc(C)c(C)cc12. The van der Waals surface area contributed by atoms with E-state index < -0.39 is 8.24 Å². The number of hydrogen-bond acceptors (Lipinski definition) is 4. The van der Waals surface area contributed by atoms with E-state index in [9.17, 15) is 0 Å². The van der Waals surface area contributed by atoms with Crippen LogP contribution in [0.5, 0.6) is 11.5 Å². The number of fused-ring (bicyclic) bond motifs is 3. The van der Waals surface area contributed by atoms with E-state index in [2.05, 4.69) is 81.4 Å². The summed E-state index contributed by atoms with van der Waals surface area (Å²) in [5.74, 6) is 1.36. The minimum atomic E-state index is -1.89. The second-order valence-corrected chi connectivity index (χ2v) is 10.7. The second-order valence-electron chi connectivity index (χ2n) is 9.69. The van der Waals surface area contributed by atoms with Gasteiger partial charge in [-0.05, 0) is 72.9 Å². The Bertz CT molecular complexity index is 1780. The van der Waals surface area contributed by atoms with Gasteiger partial charge in [-0.2, -0.15) is 0 Å². The van der Waals surface area contributed by atoms with Gasteiger partial charge >= 0.3 is 8.24 Å². The molecule has 0 saturated carbocycles. The number of ether oxygens (including phenoxy) is 1. The molecule has 0 fully saturated rings. The first kappa shape index (κ1) is 24.9. The first-order valence-corrected chi connectivity index (χ1v) is 14.0. The lowest BCUT2D eigenvalue weighted by Gasteiger charge is -2.14. The van der Waals surface area contributed by atoms with Crippen LogP contribution in [0.1, 0.15) is 16.7 Å². The third kappa shape index (κ3) is 4.80. The molecule has 0 bridgehead atoms. The predicted molar refractivity (Wildman–Crippen MR) is 160 cm³/mol. The van der Waals surface area contributed by atoms with E-state index >= 15 is 0 Å². The van der Waals surface area contributed by atoms with Crippen LogP contribution in [0.2, 0.25) is 0 Å². The zero-order valence-corrected chi connectivity index (χ0v) is 23.3. The number of methoxy groups -OCH3 is 1. The van der Waals surface area contributed by atoms with E-state index in [0.717, 1.165) is 49.7 Å². The van der Waals surface area contributed by atoms with Gasteiger partial charge in [-0.1, -0.05) is 78.9 Å². The van der Waals surface area contributed by atoms with Crippen molar-refractivity contribution in [2.75, 3.05) is 7.11 Å². The van der Waals surface area contributed by atoms with E-state index in [4.69, 9.17) is 17.7 Å². The summed E-state index contributed by atoms with van der Waals surface area (Å²) in [7, 11) is -0.235. The summed E-state index contributed by atoms with van der Waals surface area (Å²) in [6.07, 6.45) is 0. The molecule has 0 spiro atoms. The first-order valence-electron chi connectivity index (χ1n) is 12.9. The Hall–Kier alpha value is -4.40. The third-order valence-corrected chi connectivity index (χ3v) is 8.00. The molecule has 0 radical (unpaired) electrons. The highest BCUT2D eigenvalue weighted by Gasteiger charge is 2.19. The van der Waals surface area contributed by atoms with Crippen LogP contribution < -0.4 is 9.26 Å². The number of rotatable bonds is 5. The van der Waals surface area contributed by atoms with Crippen molar-refractivity contribution in [2.24, 2.45) is 0 Å². The Morgan fingerprint density at radius 1 is 0.615 bits per heavy atom. The van der Waals surface area contributed by atoms with E-state index in [1.165, 1.54) is 5.56 Å². The molecule has 5 aromatic carbocycles. The molecule has 1 atom stereocenters. The molecular weight excluding hydrogens is 503 g/mol. The maximum atomic E-state index is 6.78. The van der Waals surface area contributed by atoms with Crippen molar-refractivity contribution in [3.05, 3.63) is 120 Å². The van der Waals surface area contributed by atoms with Gasteiger partial charge in [0.1, 0.15) is 5.58 Å². The van der Waals surface area contributed by atoms with Gasteiger partial charge in [0.25, 0.3) is 0 Å². The summed E-state index contributed by atoms with van der Waals surface area (Å²) in [5.41, 5.74) is 8.78. The van der Waals surface area contributed by atoms with Gasteiger partial charge in [0.05, 0.1) is 7.11 Å². The molecule has 0 aliphatic rings. The number of aryl methyl sites for hydroxylation is 3. The Kier molecular flexibility index (Phi) is 6.64. The van der Waals surface area contributed by atoms with Crippen molar-refractivity contribution in [1.29, 1.82) is 0 Å². The van der Waals surface area contributed by atoms with E-state index in [-0.39, 0.29) is 0 Å². The standard InChI is InChI=1S/C34H29O4P/c1-22-18-30-29-20-23(2)24(3)21-31(29)36-39(38-34(30)32(19-22)35-4)37-33-27(25-12-7-5-8-13-25)16-11-17-28(33)26-14-9-6-10-15-26/h5-21H,1-4H3. The molecule has 0 aliphatic carbocycles. The van der Waals surface area contributed by atoms with Gasteiger partial charge in [0.2, 0.25) is 0 Å². The van der Waals surface area contributed by atoms with Gasteiger partial charge in [-0.25, -0.2) is 0 Å². The summed E-state index contributed by atoms with van der Waals surface area (Å²) in [5, 5.41) is 1.89. The normalized spacial score (nSPS) is 11.5. The lowest BCUT2D eigenvalue weighted by Crippen LogP contribution is -1.90. The van der Waals surface area contributed by atoms with Crippen molar-refractivity contribution >= 4 is 30.2 Å². The molecule has 0 amide bonds. The van der Waals surface area contributed by atoms with Crippen LogP contribution in [0.25, 0.3) is 44.2 Å². The fraction of sp³-hybridized carbons (Fsp3) is 0.118. The smallest absolute Gasteiger partial charge is 0.453 e. The highest BCUT2D eigenvalue weighted by Crippen LogP contribution is 2.46. The zero-order valence-electron chi connectivity index (χ0n) is 22.4. The molecule has 6 rings (SSSR count). The Balaban J connectivity index is 1.66. The van der Waals surface area contributed by atoms with Crippen LogP contribution in [-0.2, 0) is 0 Å². The molecule has 39 heavy (non-hydrogen) atoms. The summed E-state index contributed by atoms with van der Waals surface area (Å²) >= 11 is 0. The van der Waals surface area contributed by atoms with Gasteiger partial charge in [-0.3, -0.25) is 0 Å². The molecule has 0 aliphatic heterocycles. The molecule has 6 aromatic rings. The van der Waals surface area contributed by atoms with E-state index in [0.29, 0.717) is 17.1 Å². The van der Waals surface area contributed by atoms with Crippen molar-refractivity contribution in [3.63, 3.8) is 0 Å². The second kappa shape index (κ2) is 10.4. The maximum Gasteiger partial charge on any atom is 0.453 e. The summed E-state index contributed by atoms with van der Waals surface area (Å²) in [6.45, 7) is 6.25.